The third-order valence-corrected chi connectivity index (χ3v) is 4.42. The first-order valence-electron chi connectivity index (χ1n) is 8.10. The third-order valence-electron chi connectivity index (χ3n) is 4.42. The first-order chi connectivity index (χ1) is 9.84. The molecule has 1 amide bonds. The average molecular weight is 298 g/mol. The van der Waals surface area contributed by atoms with Crippen LogP contribution >= 0.6 is 0 Å². The van der Waals surface area contributed by atoms with Gasteiger partial charge in [-0.3, -0.25) is 14.5 Å². The van der Waals surface area contributed by atoms with Crippen LogP contribution in [0.5, 0.6) is 0 Å². The maximum Gasteiger partial charge on any atom is 0.307 e. The highest BCUT2D eigenvalue weighted by Gasteiger charge is 2.35. The lowest BCUT2D eigenvalue weighted by Gasteiger charge is -2.31. The summed E-state index contributed by atoms with van der Waals surface area (Å²) in [6, 6.07) is 0.867. The molecule has 0 radical (unpaired) electrons. The summed E-state index contributed by atoms with van der Waals surface area (Å²) >= 11 is 0. The molecule has 1 saturated carbocycles. The molecule has 0 aromatic heterocycles. The first-order valence-corrected chi connectivity index (χ1v) is 8.10. The van der Waals surface area contributed by atoms with Gasteiger partial charge in [0, 0.05) is 25.2 Å². The van der Waals surface area contributed by atoms with Crippen molar-refractivity contribution in [2.45, 2.75) is 65.5 Å². The van der Waals surface area contributed by atoms with Crippen molar-refractivity contribution < 1.29 is 14.7 Å². The molecule has 1 fully saturated rings. The summed E-state index contributed by atoms with van der Waals surface area (Å²) in [5.74, 6) is -1.79. The van der Waals surface area contributed by atoms with Crippen LogP contribution < -0.4 is 5.32 Å². The number of rotatable bonds is 7. The maximum atomic E-state index is 12.2. The molecule has 5 heteroatoms. The van der Waals surface area contributed by atoms with Gasteiger partial charge in [-0.2, -0.15) is 0 Å². The van der Waals surface area contributed by atoms with Crippen LogP contribution in [-0.2, 0) is 9.59 Å². The van der Waals surface area contributed by atoms with Crippen molar-refractivity contribution >= 4 is 11.9 Å². The Kier molecular flexibility index (Phi) is 7.15. The predicted molar refractivity (Wildman–Crippen MR) is 83.1 cm³/mol. The van der Waals surface area contributed by atoms with E-state index in [1.807, 2.05) is 0 Å². The smallest absolute Gasteiger partial charge is 0.307 e. The highest BCUT2D eigenvalue weighted by Crippen LogP contribution is 2.30. The Labute approximate surface area is 128 Å². The SMILES string of the molecule is CC(C)N(CCNC(=O)C1CCCCC1C(=O)O)C(C)C. The molecule has 0 aromatic rings. The van der Waals surface area contributed by atoms with Gasteiger partial charge >= 0.3 is 5.97 Å². The van der Waals surface area contributed by atoms with E-state index in [0.717, 1.165) is 19.4 Å². The van der Waals surface area contributed by atoms with E-state index >= 15 is 0 Å². The minimum Gasteiger partial charge on any atom is -0.481 e. The van der Waals surface area contributed by atoms with Gasteiger partial charge in [0.1, 0.15) is 0 Å². The molecule has 1 rings (SSSR count). The van der Waals surface area contributed by atoms with Crippen LogP contribution in [0.3, 0.4) is 0 Å². The third kappa shape index (κ3) is 5.30. The van der Waals surface area contributed by atoms with E-state index < -0.39 is 11.9 Å². The van der Waals surface area contributed by atoms with Gasteiger partial charge in [0.2, 0.25) is 5.91 Å². The van der Waals surface area contributed by atoms with Crippen molar-refractivity contribution in [1.29, 1.82) is 0 Å². The highest BCUT2D eigenvalue weighted by molar-refractivity contribution is 5.84. The molecule has 1 aliphatic carbocycles. The number of nitrogens with zero attached hydrogens (tertiary/aromatic N) is 1. The molecule has 1 aliphatic rings. The fraction of sp³-hybridized carbons (Fsp3) is 0.875. The van der Waals surface area contributed by atoms with Crippen molar-refractivity contribution in [3.63, 3.8) is 0 Å². The summed E-state index contributed by atoms with van der Waals surface area (Å²) < 4.78 is 0. The maximum absolute atomic E-state index is 12.2. The van der Waals surface area contributed by atoms with Crippen LogP contribution in [0.15, 0.2) is 0 Å². The average Bonchev–Trinajstić information content (AvgIpc) is 2.42. The number of carboxylic acids is 1. The van der Waals surface area contributed by atoms with Crippen LogP contribution in [0, 0.1) is 11.8 Å². The minimum absolute atomic E-state index is 0.0884. The van der Waals surface area contributed by atoms with Crippen molar-refractivity contribution in [1.82, 2.24) is 10.2 Å². The summed E-state index contributed by atoms with van der Waals surface area (Å²) in [4.78, 5) is 25.8. The number of carbonyl (C=O) groups excluding carboxylic acids is 1. The lowest BCUT2D eigenvalue weighted by atomic mass is 9.79. The molecule has 21 heavy (non-hydrogen) atoms. The van der Waals surface area contributed by atoms with E-state index in [2.05, 4.69) is 37.9 Å². The second-order valence-electron chi connectivity index (χ2n) is 6.55. The predicted octanol–water partition coefficient (Wildman–Crippen LogP) is 2.11. The summed E-state index contributed by atoms with van der Waals surface area (Å²) in [6.45, 7) is 9.95. The van der Waals surface area contributed by atoms with Gasteiger partial charge in [-0.15, -0.1) is 0 Å². The van der Waals surface area contributed by atoms with Gasteiger partial charge in [0.05, 0.1) is 11.8 Å². The molecule has 0 aromatic carbocycles. The molecule has 0 aliphatic heterocycles. The van der Waals surface area contributed by atoms with Gasteiger partial charge in [-0.05, 0) is 40.5 Å². The Morgan fingerprint density at radius 2 is 1.62 bits per heavy atom. The van der Waals surface area contributed by atoms with Gasteiger partial charge in [0.25, 0.3) is 0 Å². The Morgan fingerprint density at radius 1 is 1.10 bits per heavy atom. The molecular weight excluding hydrogens is 268 g/mol. The zero-order valence-electron chi connectivity index (χ0n) is 13.8. The van der Waals surface area contributed by atoms with E-state index in [9.17, 15) is 14.7 Å². The number of carbonyl (C=O) groups is 2. The summed E-state index contributed by atoms with van der Waals surface area (Å²) in [6.07, 6.45) is 3.18. The molecule has 0 heterocycles. The molecule has 2 atom stereocenters. The number of carboxylic acid groups (broad SMARTS) is 1. The van der Waals surface area contributed by atoms with Crippen LogP contribution in [0.25, 0.3) is 0 Å². The Bertz CT molecular complexity index is 347. The standard InChI is InChI=1S/C16H30N2O3/c1-11(2)18(12(3)4)10-9-17-15(19)13-7-5-6-8-14(13)16(20)21/h11-14H,5-10H2,1-4H3,(H,17,19)(H,20,21). The minimum atomic E-state index is -0.833. The number of hydrogen-bond donors (Lipinski definition) is 2. The lowest BCUT2D eigenvalue weighted by Crippen LogP contribution is -2.45. The van der Waals surface area contributed by atoms with Gasteiger partial charge in [-0.25, -0.2) is 0 Å². The van der Waals surface area contributed by atoms with E-state index in [0.29, 0.717) is 31.5 Å². The number of aliphatic carboxylic acids is 1. The van der Waals surface area contributed by atoms with Crippen molar-refractivity contribution in [2.24, 2.45) is 11.8 Å². The second kappa shape index (κ2) is 8.37. The van der Waals surface area contributed by atoms with Gasteiger partial charge in [0.15, 0.2) is 0 Å². The van der Waals surface area contributed by atoms with Crippen molar-refractivity contribution in [3.8, 4) is 0 Å². The molecule has 0 spiro atoms. The van der Waals surface area contributed by atoms with Gasteiger partial charge < -0.3 is 10.4 Å². The quantitative estimate of drug-likeness (QED) is 0.755. The van der Waals surface area contributed by atoms with E-state index in [1.54, 1.807) is 0 Å². The van der Waals surface area contributed by atoms with E-state index in [-0.39, 0.29) is 11.8 Å². The highest BCUT2D eigenvalue weighted by atomic mass is 16.4. The first kappa shape index (κ1) is 18.0. The topological polar surface area (TPSA) is 69.6 Å². The fourth-order valence-corrected chi connectivity index (χ4v) is 3.29. The Morgan fingerprint density at radius 3 is 2.10 bits per heavy atom. The largest absolute Gasteiger partial charge is 0.481 e. The number of hydrogen-bond acceptors (Lipinski definition) is 3. The number of nitrogens with one attached hydrogen (secondary N) is 1. The van der Waals surface area contributed by atoms with Crippen LogP contribution in [0.2, 0.25) is 0 Å². The fourth-order valence-electron chi connectivity index (χ4n) is 3.29. The molecule has 122 valence electrons. The molecule has 2 unspecified atom stereocenters. The summed E-state index contributed by atoms with van der Waals surface area (Å²) in [5, 5.41) is 12.2. The summed E-state index contributed by atoms with van der Waals surface area (Å²) in [5.41, 5.74) is 0. The molecular formula is C16H30N2O3. The van der Waals surface area contributed by atoms with Crippen LogP contribution in [0.4, 0.5) is 0 Å². The second-order valence-corrected chi connectivity index (χ2v) is 6.55. The van der Waals surface area contributed by atoms with Crippen molar-refractivity contribution in [2.75, 3.05) is 13.1 Å². The molecule has 0 saturated heterocycles. The normalized spacial score (nSPS) is 22.8. The van der Waals surface area contributed by atoms with Crippen LogP contribution in [0.1, 0.15) is 53.4 Å². The van der Waals surface area contributed by atoms with E-state index in [4.69, 9.17) is 0 Å². The van der Waals surface area contributed by atoms with Crippen molar-refractivity contribution in [3.05, 3.63) is 0 Å². The lowest BCUT2D eigenvalue weighted by molar-refractivity contribution is -0.148. The zero-order valence-corrected chi connectivity index (χ0v) is 13.8. The van der Waals surface area contributed by atoms with Gasteiger partial charge in [-0.1, -0.05) is 12.8 Å². The monoisotopic (exact) mass is 298 g/mol. The number of amides is 1. The summed E-state index contributed by atoms with van der Waals surface area (Å²) in [7, 11) is 0. The molecule has 5 nitrogen and oxygen atoms in total. The Hall–Kier alpha value is -1.10. The zero-order chi connectivity index (χ0) is 16.0. The molecule has 0 bridgehead atoms. The van der Waals surface area contributed by atoms with Crippen LogP contribution in [-0.4, -0.2) is 47.1 Å². The Balaban J connectivity index is 2.47. The molecule has 2 N–H and O–H groups in total. The van der Waals surface area contributed by atoms with E-state index in [1.165, 1.54) is 0 Å².